The quantitative estimate of drug-likeness (QED) is 0.239. The lowest BCUT2D eigenvalue weighted by molar-refractivity contribution is 0.473. The highest BCUT2D eigenvalue weighted by molar-refractivity contribution is 7.88. The van der Waals surface area contributed by atoms with E-state index in [9.17, 15) is 21.9 Å². The summed E-state index contributed by atoms with van der Waals surface area (Å²) in [6, 6.07) is 13.6. The third-order valence-corrected chi connectivity index (χ3v) is 7.04. The summed E-state index contributed by atoms with van der Waals surface area (Å²) < 4.78 is 54.5. The number of nitrogens with two attached hydrogens (primary N) is 1. The van der Waals surface area contributed by atoms with Crippen LogP contribution >= 0.6 is 0 Å². The molecule has 2 aromatic heterocycles. The van der Waals surface area contributed by atoms with E-state index in [1.165, 1.54) is 44.5 Å². The maximum atomic E-state index is 11.6. The van der Waals surface area contributed by atoms with Gasteiger partial charge >= 0.3 is 20.5 Å². The van der Waals surface area contributed by atoms with Crippen LogP contribution in [-0.2, 0) is 20.5 Å². The summed E-state index contributed by atoms with van der Waals surface area (Å²) >= 11 is 0. The topological polar surface area (TPSA) is 196 Å². The number of nitrogens with zero attached hydrogens (tertiary/aromatic N) is 6. The van der Waals surface area contributed by atoms with Crippen LogP contribution < -0.4 is 14.6 Å². The smallest absolute Gasteiger partial charge is 0.408 e. The molecule has 0 unspecified atom stereocenters. The molecule has 4 aromatic rings. The van der Waals surface area contributed by atoms with Gasteiger partial charge in [0, 0.05) is 38.9 Å². The summed E-state index contributed by atoms with van der Waals surface area (Å²) in [4.78, 5) is 14.9. The molecular formula is C22H24N8O6S2. The first-order valence-electron chi connectivity index (χ1n) is 10.6. The molecule has 5 rings (SSSR count). The second kappa shape index (κ2) is 12.0. The monoisotopic (exact) mass is 560 g/mol. The fraction of sp³-hybridized carbons (Fsp3) is 0.0909. The zero-order valence-corrected chi connectivity index (χ0v) is 21.8. The van der Waals surface area contributed by atoms with Gasteiger partial charge in [0.15, 0.2) is 5.75 Å². The second-order valence-corrected chi connectivity index (χ2v) is 10.1. The van der Waals surface area contributed by atoms with Gasteiger partial charge in [0.25, 0.3) is 0 Å². The van der Waals surface area contributed by atoms with Crippen LogP contribution in [0.15, 0.2) is 96.0 Å². The molecule has 0 bridgehead atoms. The molecule has 0 spiro atoms. The van der Waals surface area contributed by atoms with Crippen molar-refractivity contribution in [1.29, 1.82) is 0 Å². The number of phenols is 1. The van der Waals surface area contributed by atoms with Crippen LogP contribution in [0.2, 0.25) is 0 Å². The summed E-state index contributed by atoms with van der Waals surface area (Å²) in [6.07, 6.45) is 7.94. The van der Waals surface area contributed by atoms with Crippen LogP contribution in [0.25, 0.3) is 0 Å². The Morgan fingerprint density at radius 2 is 1.58 bits per heavy atom. The van der Waals surface area contributed by atoms with Gasteiger partial charge in [-0.05, 0) is 24.3 Å². The SMILES string of the molecule is CN=C(N)c1ccccc1O.CN=C1NS(=O)(=O)Oc2ccccc21.O=S(=O)(n1ccnc1)n1ccnc1. The lowest BCUT2D eigenvalue weighted by Gasteiger charge is -2.19. The summed E-state index contributed by atoms with van der Waals surface area (Å²) in [7, 11) is -4.18. The number of amidine groups is 2. The highest BCUT2D eigenvalue weighted by Gasteiger charge is 2.25. The Labute approximate surface area is 219 Å². The lowest BCUT2D eigenvalue weighted by atomic mass is 10.2. The largest absolute Gasteiger partial charge is 0.507 e. The Hall–Kier alpha value is -4.70. The molecule has 0 atom stereocenters. The average Bonchev–Trinajstić information content (AvgIpc) is 3.64. The molecule has 3 heterocycles. The van der Waals surface area contributed by atoms with Crippen molar-refractivity contribution in [3.05, 3.63) is 97.1 Å². The summed E-state index contributed by atoms with van der Waals surface area (Å²) in [5.41, 5.74) is 6.71. The van der Waals surface area contributed by atoms with Crippen molar-refractivity contribution in [3.8, 4) is 11.5 Å². The molecule has 16 heteroatoms. The van der Waals surface area contributed by atoms with E-state index in [0.717, 1.165) is 7.94 Å². The minimum Gasteiger partial charge on any atom is -0.507 e. The number of aromatic hydroxyl groups is 1. The van der Waals surface area contributed by atoms with E-state index < -0.39 is 20.5 Å². The molecule has 2 aromatic carbocycles. The van der Waals surface area contributed by atoms with Crippen molar-refractivity contribution in [2.45, 2.75) is 0 Å². The molecule has 1 aliphatic heterocycles. The fourth-order valence-electron chi connectivity index (χ4n) is 2.90. The molecule has 0 aliphatic carbocycles. The number of fused-ring (bicyclic) bond motifs is 1. The average molecular weight is 561 g/mol. The van der Waals surface area contributed by atoms with Crippen LogP contribution in [0.1, 0.15) is 11.1 Å². The molecule has 4 N–H and O–H groups in total. The number of rotatable bonds is 3. The summed E-state index contributed by atoms with van der Waals surface area (Å²) in [5, 5.41) is 9.25. The number of hydrogen-bond donors (Lipinski definition) is 3. The fourth-order valence-corrected chi connectivity index (χ4v) is 4.74. The Bertz CT molecular complexity index is 1590. The van der Waals surface area contributed by atoms with E-state index in [1.54, 1.807) is 55.6 Å². The highest BCUT2D eigenvalue weighted by atomic mass is 32.2. The molecule has 0 amide bonds. The van der Waals surface area contributed by atoms with Gasteiger partial charge in [-0.15, -0.1) is 0 Å². The highest BCUT2D eigenvalue weighted by Crippen LogP contribution is 2.23. The van der Waals surface area contributed by atoms with Crippen LogP contribution in [0.4, 0.5) is 0 Å². The summed E-state index contributed by atoms with van der Waals surface area (Å²) in [5.74, 6) is 1.11. The van der Waals surface area contributed by atoms with Crippen molar-refractivity contribution in [2.24, 2.45) is 15.7 Å². The Kier molecular flexibility index (Phi) is 8.82. The molecule has 200 valence electrons. The van der Waals surface area contributed by atoms with Gasteiger partial charge in [-0.1, -0.05) is 24.3 Å². The zero-order chi connectivity index (χ0) is 27.8. The van der Waals surface area contributed by atoms with Crippen LogP contribution in [-0.4, -0.2) is 65.6 Å². The predicted octanol–water partition coefficient (Wildman–Crippen LogP) is 0.738. The van der Waals surface area contributed by atoms with Crippen LogP contribution in [0.3, 0.4) is 0 Å². The van der Waals surface area contributed by atoms with Gasteiger partial charge < -0.3 is 15.0 Å². The van der Waals surface area contributed by atoms with Gasteiger partial charge in [0.2, 0.25) is 0 Å². The number of imidazole rings is 2. The van der Waals surface area contributed by atoms with Crippen molar-refractivity contribution in [1.82, 2.24) is 22.6 Å². The molecule has 0 fully saturated rings. The van der Waals surface area contributed by atoms with Gasteiger partial charge in [-0.25, -0.2) is 22.6 Å². The number of aromatic nitrogens is 4. The number of phenolic OH excluding ortho intramolecular Hbond substituents is 1. The maximum absolute atomic E-state index is 11.6. The Morgan fingerprint density at radius 1 is 1.00 bits per heavy atom. The van der Waals surface area contributed by atoms with E-state index >= 15 is 0 Å². The molecule has 0 saturated heterocycles. The predicted molar refractivity (Wildman–Crippen MR) is 141 cm³/mol. The Balaban J connectivity index is 0.000000159. The minimum atomic E-state index is -3.74. The minimum absolute atomic E-state index is 0.163. The number of nitrogens with one attached hydrogen (secondary N) is 1. The second-order valence-electron chi connectivity index (χ2n) is 7.13. The van der Waals surface area contributed by atoms with Crippen LogP contribution in [0, 0.1) is 0 Å². The van der Waals surface area contributed by atoms with Gasteiger partial charge in [-0.2, -0.15) is 16.8 Å². The van der Waals surface area contributed by atoms with Gasteiger partial charge in [0.05, 0.1) is 11.1 Å². The number of aliphatic imine (C=N–C) groups is 2. The normalized spacial score (nSPS) is 15.0. The molecule has 38 heavy (non-hydrogen) atoms. The first kappa shape index (κ1) is 27.9. The van der Waals surface area contributed by atoms with Gasteiger partial charge in [0.1, 0.15) is 30.1 Å². The van der Waals surface area contributed by atoms with Crippen molar-refractivity contribution < 1.29 is 26.1 Å². The van der Waals surface area contributed by atoms with Crippen molar-refractivity contribution >= 4 is 32.2 Å². The standard InChI is InChI=1S/C8H8N2O3S.C8H10N2O.C6H6N4O2S/c1-9-8-6-4-2-3-5-7(6)13-14(11,12)10-8;1-10-8(9)6-4-2-3-5-7(6)11;11-13(12,9-3-1-7-5-9)10-4-2-8-6-10/h2-5H,1H3,(H,9,10);2-5,11H,1H3,(H2,9,10);1-6H. The first-order chi connectivity index (χ1) is 18.1. The van der Waals surface area contributed by atoms with E-state index in [-0.39, 0.29) is 5.75 Å². The van der Waals surface area contributed by atoms with Crippen molar-refractivity contribution in [3.63, 3.8) is 0 Å². The summed E-state index contributed by atoms with van der Waals surface area (Å²) in [6.45, 7) is 0. The number of para-hydroxylation sites is 2. The molecule has 0 saturated carbocycles. The first-order valence-corrected chi connectivity index (χ1v) is 13.4. The van der Waals surface area contributed by atoms with E-state index in [1.807, 2.05) is 0 Å². The van der Waals surface area contributed by atoms with Crippen molar-refractivity contribution in [2.75, 3.05) is 14.1 Å². The number of hydrogen-bond acceptors (Lipinski definition) is 10. The van der Waals surface area contributed by atoms with Crippen LogP contribution in [0.5, 0.6) is 11.5 Å². The van der Waals surface area contributed by atoms with Gasteiger partial charge in [-0.3, -0.25) is 9.98 Å². The Morgan fingerprint density at radius 3 is 2.11 bits per heavy atom. The third kappa shape index (κ3) is 6.74. The third-order valence-electron chi connectivity index (χ3n) is 4.70. The molecule has 14 nitrogen and oxygen atoms in total. The number of benzene rings is 2. The molecule has 1 aliphatic rings. The molecule has 0 radical (unpaired) electrons. The maximum Gasteiger partial charge on any atom is 0.408 e. The van der Waals surface area contributed by atoms with E-state index in [2.05, 4.69) is 24.7 Å². The lowest BCUT2D eigenvalue weighted by Crippen LogP contribution is -2.39. The van der Waals surface area contributed by atoms with E-state index in [0.29, 0.717) is 28.5 Å². The molecular weight excluding hydrogens is 536 g/mol. The van der Waals surface area contributed by atoms with E-state index in [4.69, 9.17) is 9.92 Å². The zero-order valence-electron chi connectivity index (χ0n) is 20.1.